The fourth-order valence-electron chi connectivity index (χ4n) is 3.01. The van der Waals surface area contributed by atoms with Crippen molar-refractivity contribution in [3.05, 3.63) is 53.0 Å². The second-order valence-corrected chi connectivity index (χ2v) is 10.5. The van der Waals surface area contributed by atoms with E-state index in [0.717, 1.165) is 4.47 Å². The van der Waals surface area contributed by atoms with Gasteiger partial charge in [-0.3, -0.25) is 0 Å². The zero-order valence-corrected chi connectivity index (χ0v) is 18.2. The summed E-state index contributed by atoms with van der Waals surface area (Å²) in [6, 6.07) is 11.6. The van der Waals surface area contributed by atoms with Crippen molar-refractivity contribution >= 4 is 43.4 Å². The van der Waals surface area contributed by atoms with Crippen LogP contribution in [0.3, 0.4) is 0 Å². The standard InChI is InChI=1S/C18H18BrF3N2O3S2/c19-12-1-7-15(8-2-12)29(26,27)24-10-9-16(17(25)11-24)23-13-3-5-14(6-4-13)28-18(20,21)22/h1-8,16-17,23,25H,9-11H2/t16-,17+/m1/s1. The minimum Gasteiger partial charge on any atom is -0.390 e. The number of rotatable bonds is 5. The van der Waals surface area contributed by atoms with Gasteiger partial charge in [-0.1, -0.05) is 15.9 Å². The number of aliphatic hydroxyl groups excluding tert-OH is 1. The molecule has 0 radical (unpaired) electrons. The maximum Gasteiger partial charge on any atom is 0.446 e. The summed E-state index contributed by atoms with van der Waals surface area (Å²) in [6.45, 7) is 0.146. The van der Waals surface area contributed by atoms with Gasteiger partial charge in [0.15, 0.2) is 0 Å². The normalized spacial score (nSPS) is 21.1. The number of alkyl halides is 3. The van der Waals surface area contributed by atoms with Gasteiger partial charge in [0.1, 0.15) is 0 Å². The second kappa shape index (κ2) is 8.84. The lowest BCUT2D eigenvalue weighted by Gasteiger charge is -2.36. The molecule has 0 unspecified atom stereocenters. The van der Waals surface area contributed by atoms with Gasteiger partial charge in [0, 0.05) is 28.1 Å². The monoisotopic (exact) mass is 510 g/mol. The molecule has 0 saturated carbocycles. The highest BCUT2D eigenvalue weighted by molar-refractivity contribution is 9.10. The smallest absolute Gasteiger partial charge is 0.390 e. The third kappa shape index (κ3) is 5.88. The molecule has 2 aromatic carbocycles. The molecule has 5 nitrogen and oxygen atoms in total. The van der Waals surface area contributed by atoms with Crippen molar-refractivity contribution in [2.24, 2.45) is 0 Å². The van der Waals surface area contributed by atoms with E-state index in [4.69, 9.17) is 0 Å². The number of aliphatic hydroxyl groups is 1. The molecule has 0 aliphatic carbocycles. The molecule has 1 fully saturated rings. The fraction of sp³-hybridized carbons (Fsp3) is 0.333. The number of piperidine rings is 1. The maximum absolute atomic E-state index is 12.7. The Kier molecular flexibility index (Phi) is 6.84. The quantitative estimate of drug-likeness (QED) is 0.587. The van der Waals surface area contributed by atoms with Crippen molar-refractivity contribution < 1.29 is 26.7 Å². The van der Waals surface area contributed by atoms with Crippen LogP contribution in [0.5, 0.6) is 0 Å². The predicted octanol–water partition coefficient (Wildman–Crippen LogP) is 4.30. The van der Waals surface area contributed by atoms with Crippen LogP contribution in [0, 0.1) is 0 Å². The van der Waals surface area contributed by atoms with Crippen molar-refractivity contribution in [3.63, 3.8) is 0 Å². The molecule has 0 spiro atoms. The predicted molar refractivity (Wildman–Crippen MR) is 109 cm³/mol. The fourth-order valence-corrected chi connectivity index (χ4v) is 5.29. The topological polar surface area (TPSA) is 69.6 Å². The lowest BCUT2D eigenvalue weighted by atomic mass is 10.0. The molecule has 1 aliphatic heterocycles. The Morgan fingerprint density at radius 2 is 1.72 bits per heavy atom. The Bertz CT molecular complexity index is 938. The summed E-state index contributed by atoms with van der Waals surface area (Å²) in [5.41, 5.74) is -3.79. The van der Waals surface area contributed by atoms with Crippen molar-refractivity contribution in [2.75, 3.05) is 18.4 Å². The maximum atomic E-state index is 12.7. The molecule has 0 amide bonds. The second-order valence-electron chi connectivity index (χ2n) is 6.50. The summed E-state index contributed by atoms with van der Waals surface area (Å²) in [4.78, 5) is 0.219. The van der Waals surface area contributed by atoms with Gasteiger partial charge in [0.05, 0.1) is 17.0 Å². The van der Waals surface area contributed by atoms with Gasteiger partial charge in [-0.2, -0.15) is 17.5 Å². The molecule has 29 heavy (non-hydrogen) atoms. The number of sulfonamides is 1. The lowest BCUT2D eigenvalue weighted by molar-refractivity contribution is -0.0328. The molecule has 1 aliphatic rings. The van der Waals surface area contributed by atoms with Crippen LogP contribution in [0.2, 0.25) is 0 Å². The van der Waals surface area contributed by atoms with Crippen molar-refractivity contribution in [2.45, 2.75) is 33.9 Å². The number of hydrogen-bond donors (Lipinski definition) is 2. The van der Waals surface area contributed by atoms with Gasteiger partial charge in [-0.25, -0.2) is 8.42 Å². The molecule has 3 rings (SSSR count). The molecular formula is C18H18BrF3N2O3S2. The van der Waals surface area contributed by atoms with Gasteiger partial charge in [0.2, 0.25) is 10.0 Å². The first-order valence-electron chi connectivity index (χ1n) is 8.61. The third-order valence-electron chi connectivity index (χ3n) is 4.44. The number of thioether (sulfide) groups is 1. The van der Waals surface area contributed by atoms with E-state index in [1.54, 1.807) is 12.1 Å². The van der Waals surface area contributed by atoms with Gasteiger partial charge in [0.25, 0.3) is 0 Å². The van der Waals surface area contributed by atoms with Gasteiger partial charge in [-0.15, -0.1) is 0 Å². The van der Waals surface area contributed by atoms with Crippen molar-refractivity contribution in [1.82, 2.24) is 4.31 Å². The van der Waals surface area contributed by atoms with Crippen LogP contribution in [0.1, 0.15) is 6.42 Å². The number of nitrogens with one attached hydrogen (secondary N) is 1. The summed E-state index contributed by atoms with van der Waals surface area (Å²) >= 11 is 3.07. The molecule has 0 bridgehead atoms. The largest absolute Gasteiger partial charge is 0.446 e. The first-order valence-corrected chi connectivity index (χ1v) is 11.7. The Hall–Kier alpha value is -1.27. The van der Waals surface area contributed by atoms with Crippen LogP contribution >= 0.6 is 27.7 Å². The number of β-amino-alcohol motifs (C(OH)–C–C–N with tert-alkyl or cyclic N) is 1. The lowest BCUT2D eigenvalue weighted by Crippen LogP contribution is -2.51. The van der Waals surface area contributed by atoms with E-state index in [9.17, 15) is 26.7 Å². The highest BCUT2D eigenvalue weighted by Gasteiger charge is 2.35. The van der Waals surface area contributed by atoms with E-state index in [0.29, 0.717) is 12.1 Å². The summed E-state index contributed by atoms with van der Waals surface area (Å²) in [7, 11) is -3.72. The van der Waals surface area contributed by atoms with Crippen molar-refractivity contribution in [3.8, 4) is 0 Å². The molecule has 1 saturated heterocycles. The van der Waals surface area contributed by atoms with Gasteiger partial charge < -0.3 is 10.4 Å². The van der Waals surface area contributed by atoms with Gasteiger partial charge >= 0.3 is 5.51 Å². The molecule has 158 valence electrons. The number of halogens is 4. The Morgan fingerprint density at radius 1 is 1.10 bits per heavy atom. The molecule has 11 heteroatoms. The van der Waals surface area contributed by atoms with Gasteiger partial charge in [-0.05, 0) is 66.7 Å². The summed E-state index contributed by atoms with van der Waals surface area (Å²) in [5.74, 6) is 0. The summed E-state index contributed by atoms with van der Waals surface area (Å²) < 4.78 is 64.7. The van der Waals surface area contributed by atoms with E-state index < -0.39 is 27.7 Å². The Labute approximate surface area is 179 Å². The zero-order valence-electron chi connectivity index (χ0n) is 14.9. The number of anilines is 1. The minimum absolute atomic E-state index is 0.0685. The number of nitrogens with zero attached hydrogens (tertiary/aromatic N) is 1. The molecular weight excluding hydrogens is 493 g/mol. The first kappa shape index (κ1) is 22.4. The number of benzene rings is 2. The van der Waals surface area contributed by atoms with E-state index in [2.05, 4.69) is 21.2 Å². The van der Waals surface area contributed by atoms with Crippen LogP contribution in [0.15, 0.2) is 62.8 Å². The van der Waals surface area contributed by atoms with E-state index >= 15 is 0 Å². The Morgan fingerprint density at radius 3 is 2.28 bits per heavy atom. The average molecular weight is 511 g/mol. The molecule has 2 atom stereocenters. The average Bonchev–Trinajstić information content (AvgIpc) is 2.64. The molecule has 0 aromatic heterocycles. The molecule has 1 heterocycles. The zero-order chi connectivity index (χ0) is 21.2. The van der Waals surface area contributed by atoms with E-state index in [-0.39, 0.29) is 34.6 Å². The van der Waals surface area contributed by atoms with Crippen LogP contribution in [-0.2, 0) is 10.0 Å². The van der Waals surface area contributed by atoms with Crippen LogP contribution in [-0.4, -0.2) is 48.6 Å². The van der Waals surface area contributed by atoms with E-state index in [1.807, 2.05) is 0 Å². The van der Waals surface area contributed by atoms with Crippen LogP contribution < -0.4 is 5.32 Å². The first-order chi connectivity index (χ1) is 13.5. The van der Waals surface area contributed by atoms with Crippen molar-refractivity contribution in [1.29, 1.82) is 0 Å². The summed E-state index contributed by atoms with van der Waals surface area (Å²) in [5, 5.41) is 13.5. The molecule has 2 aromatic rings. The van der Waals surface area contributed by atoms with Crippen LogP contribution in [0.25, 0.3) is 0 Å². The minimum atomic E-state index is -4.35. The highest BCUT2D eigenvalue weighted by Crippen LogP contribution is 2.37. The molecule has 2 N–H and O–H groups in total. The third-order valence-corrected chi connectivity index (χ3v) is 7.58. The van der Waals surface area contributed by atoms with Crippen LogP contribution in [0.4, 0.5) is 18.9 Å². The number of hydrogen-bond acceptors (Lipinski definition) is 5. The van der Waals surface area contributed by atoms with E-state index in [1.165, 1.54) is 40.7 Å². The highest BCUT2D eigenvalue weighted by atomic mass is 79.9. The SMILES string of the molecule is O=S(=O)(c1ccc(Br)cc1)N1CC[C@@H](Nc2ccc(SC(F)(F)F)cc2)[C@@H](O)C1. The summed E-state index contributed by atoms with van der Waals surface area (Å²) in [6.07, 6.45) is -0.603. The Balaban J connectivity index is 1.62.